The van der Waals surface area contributed by atoms with E-state index < -0.39 is 17.7 Å². The summed E-state index contributed by atoms with van der Waals surface area (Å²) in [4.78, 5) is 32.2. The smallest absolute Gasteiger partial charge is 0.295 e. The predicted molar refractivity (Wildman–Crippen MR) is 124 cm³/mol. The molecule has 3 aromatic rings. The first kappa shape index (κ1) is 22.2. The number of Topliss-reactive ketones (excluding diaryl/α,β-unsaturated/α-hetero) is 1. The van der Waals surface area contributed by atoms with Gasteiger partial charge >= 0.3 is 0 Å². The number of rotatable bonds is 6. The van der Waals surface area contributed by atoms with Crippen LogP contribution in [0.5, 0.6) is 0 Å². The first-order valence-corrected chi connectivity index (χ1v) is 11.1. The summed E-state index contributed by atoms with van der Waals surface area (Å²) in [5.41, 5.74) is 3.43. The van der Waals surface area contributed by atoms with Gasteiger partial charge in [0.15, 0.2) is 5.76 Å². The van der Waals surface area contributed by atoms with Crippen LogP contribution in [0.4, 0.5) is 0 Å². The number of aromatic nitrogens is 2. The number of aryl methyl sites for hydroxylation is 2. The zero-order chi connectivity index (χ0) is 23.0. The number of likely N-dealkylation sites (tertiary alicyclic amines) is 1. The summed E-state index contributed by atoms with van der Waals surface area (Å²) in [6, 6.07) is 10.5. The number of amides is 1. The maximum absolute atomic E-state index is 13.1. The highest BCUT2D eigenvalue weighted by atomic mass is 79.9. The van der Waals surface area contributed by atoms with Crippen molar-refractivity contribution in [1.82, 2.24) is 14.3 Å². The number of nitrogens with zero attached hydrogens (tertiary/aromatic N) is 3. The minimum Gasteiger partial charge on any atom is -0.505 e. The van der Waals surface area contributed by atoms with Gasteiger partial charge in [-0.15, -0.1) is 0 Å². The fourth-order valence-corrected chi connectivity index (χ4v) is 4.42. The molecule has 4 rings (SSSR count). The molecule has 0 spiro atoms. The van der Waals surface area contributed by atoms with E-state index >= 15 is 0 Å². The number of benzene rings is 1. The summed E-state index contributed by atoms with van der Waals surface area (Å²) in [6.45, 7) is 4.56. The van der Waals surface area contributed by atoms with Crippen molar-refractivity contribution >= 4 is 39.0 Å². The number of fused-ring (bicyclic) bond motifs is 1. The van der Waals surface area contributed by atoms with Crippen LogP contribution in [-0.2, 0) is 14.3 Å². The van der Waals surface area contributed by atoms with Gasteiger partial charge in [0.1, 0.15) is 11.3 Å². The molecule has 1 fully saturated rings. The first-order valence-electron chi connectivity index (χ1n) is 10.3. The third-order valence-electron chi connectivity index (χ3n) is 5.78. The molecule has 0 saturated carbocycles. The van der Waals surface area contributed by atoms with Crippen molar-refractivity contribution in [3.8, 4) is 0 Å². The minimum atomic E-state index is -0.707. The van der Waals surface area contributed by atoms with Gasteiger partial charge in [-0.1, -0.05) is 34.1 Å². The van der Waals surface area contributed by atoms with Crippen molar-refractivity contribution in [2.75, 3.05) is 20.3 Å². The topological polar surface area (TPSA) is 84.1 Å². The highest BCUT2D eigenvalue weighted by Gasteiger charge is 2.46. The van der Waals surface area contributed by atoms with Gasteiger partial charge in [0.25, 0.3) is 11.7 Å². The fourth-order valence-electron chi connectivity index (χ4n) is 4.16. The molecule has 1 atom stereocenters. The maximum Gasteiger partial charge on any atom is 0.295 e. The van der Waals surface area contributed by atoms with Gasteiger partial charge in [0.05, 0.1) is 17.3 Å². The Hall–Kier alpha value is -2.97. The van der Waals surface area contributed by atoms with Gasteiger partial charge in [-0.3, -0.25) is 9.59 Å². The highest BCUT2D eigenvalue weighted by molar-refractivity contribution is 9.10. The number of aliphatic hydroxyl groups is 1. The number of ether oxygens (including phenoxy) is 1. The lowest BCUT2D eigenvalue weighted by molar-refractivity contribution is -0.140. The van der Waals surface area contributed by atoms with Crippen molar-refractivity contribution in [2.45, 2.75) is 26.3 Å². The number of hydrogen-bond acceptors (Lipinski definition) is 5. The molecular weight excluding hydrogens is 474 g/mol. The lowest BCUT2D eigenvalue weighted by Gasteiger charge is -2.25. The van der Waals surface area contributed by atoms with E-state index in [1.807, 2.05) is 60.8 Å². The van der Waals surface area contributed by atoms with Crippen LogP contribution in [0.2, 0.25) is 0 Å². The van der Waals surface area contributed by atoms with Crippen molar-refractivity contribution in [2.24, 2.45) is 0 Å². The van der Waals surface area contributed by atoms with Gasteiger partial charge in [0, 0.05) is 30.9 Å². The molecule has 7 nitrogen and oxygen atoms in total. The van der Waals surface area contributed by atoms with E-state index in [9.17, 15) is 14.7 Å². The average molecular weight is 498 g/mol. The number of carbonyl (C=O) groups excluding carboxylic acids is 2. The average Bonchev–Trinajstić information content (AvgIpc) is 3.25. The zero-order valence-corrected chi connectivity index (χ0v) is 19.7. The summed E-state index contributed by atoms with van der Waals surface area (Å²) in [5, 5.41) is 11.3. The number of halogens is 1. The Labute approximate surface area is 194 Å². The zero-order valence-electron chi connectivity index (χ0n) is 18.1. The molecule has 1 aliphatic rings. The minimum absolute atomic E-state index is 0.0545. The van der Waals surface area contributed by atoms with Crippen LogP contribution in [-0.4, -0.2) is 51.3 Å². The highest BCUT2D eigenvalue weighted by Crippen LogP contribution is 2.40. The molecule has 3 heterocycles. The van der Waals surface area contributed by atoms with E-state index in [0.717, 1.165) is 15.6 Å². The number of imidazole rings is 1. The lowest BCUT2D eigenvalue weighted by Crippen LogP contribution is -2.31. The quantitative estimate of drug-likeness (QED) is 0.239. The van der Waals surface area contributed by atoms with Crippen LogP contribution in [0.25, 0.3) is 11.4 Å². The molecule has 0 aliphatic carbocycles. The Morgan fingerprint density at radius 1 is 1.19 bits per heavy atom. The van der Waals surface area contributed by atoms with Gasteiger partial charge in [0.2, 0.25) is 0 Å². The monoisotopic (exact) mass is 497 g/mol. The number of carbonyl (C=O) groups is 2. The number of aliphatic hydroxyl groups excluding tert-OH is 1. The molecule has 2 aromatic heterocycles. The van der Waals surface area contributed by atoms with E-state index in [1.165, 1.54) is 4.90 Å². The van der Waals surface area contributed by atoms with Crippen molar-refractivity contribution < 1.29 is 19.4 Å². The number of methoxy groups -OCH3 is 1. The van der Waals surface area contributed by atoms with Crippen molar-refractivity contribution in [1.29, 1.82) is 0 Å². The van der Waals surface area contributed by atoms with Gasteiger partial charge < -0.3 is 19.1 Å². The Morgan fingerprint density at radius 3 is 2.56 bits per heavy atom. The summed E-state index contributed by atoms with van der Waals surface area (Å²) in [5.74, 6) is -1.60. The maximum atomic E-state index is 13.1. The molecular formula is C24H24BrN3O4. The summed E-state index contributed by atoms with van der Waals surface area (Å²) in [6.07, 6.45) is 2.43. The second-order valence-electron chi connectivity index (χ2n) is 7.82. The molecule has 1 aromatic carbocycles. The normalized spacial score (nSPS) is 18.1. The molecule has 166 valence electrons. The molecule has 1 saturated heterocycles. The fraction of sp³-hybridized carbons (Fsp3) is 0.292. The largest absolute Gasteiger partial charge is 0.505 e. The Balaban J connectivity index is 1.89. The SMILES string of the molecule is COCCCN1C(=O)C(=O)C(=C(O)c2nc3c(C)cccn3c2C)C1c1ccc(Br)cc1. The Kier molecular flexibility index (Phi) is 6.17. The van der Waals surface area contributed by atoms with Crippen LogP contribution >= 0.6 is 15.9 Å². The van der Waals surface area contributed by atoms with E-state index in [0.29, 0.717) is 36.6 Å². The second-order valence-corrected chi connectivity index (χ2v) is 8.74. The summed E-state index contributed by atoms with van der Waals surface area (Å²) < 4.78 is 7.87. The predicted octanol–water partition coefficient (Wildman–Crippen LogP) is 4.17. The van der Waals surface area contributed by atoms with E-state index in [-0.39, 0.29) is 11.3 Å². The Morgan fingerprint density at radius 2 is 1.91 bits per heavy atom. The van der Waals surface area contributed by atoms with Crippen molar-refractivity contribution in [3.63, 3.8) is 0 Å². The molecule has 1 amide bonds. The molecule has 1 N–H and O–H groups in total. The van der Waals surface area contributed by atoms with Crippen molar-refractivity contribution in [3.05, 3.63) is 75.2 Å². The van der Waals surface area contributed by atoms with Crippen LogP contribution < -0.4 is 0 Å². The second kappa shape index (κ2) is 8.88. The third kappa shape index (κ3) is 3.73. The van der Waals surface area contributed by atoms with Crippen LogP contribution in [0, 0.1) is 13.8 Å². The first-order chi connectivity index (χ1) is 15.3. The van der Waals surface area contributed by atoms with E-state index in [1.54, 1.807) is 7.11 Å². The standard InChI is InChI=1S/C24H24BrN3O4/c1-14-6-4-11-27-15(2)19(26-23(14)27)21(29)18-20(16-7-9-17(25)10-8-16)28(12-5-13-32-3)24(31)22(18)30/h4,6-11,20,29H,5,12-13H2,1-3H3. The van der Waals surface area contributed by atoms with Crippen LogP contribution in [0.1, 0.15) is 35.0 Å². The van der Waals surface area contributed by atoms with Gasteiger partial charge in [-0.2, -0.15) is 0 Å². The third-order valence-corrected chi connectivity index (χ3v) is 6.31. The lowest BCUT2D eigenvalue weighted by atomic mass is 9.96. The summed E-state index contributed by atoms with van der Waals surface area (Å²) >= 11 is 3.42. The number of ketones is 1. The molecule has 32 heavy (non-hydrogen) atoms. The molecule has 0 radical (unpaired) electrons. The summed E-state index contributed by atoms with van der Waals surface area (Å²) in [7, 11) is 1.59. The van der Waals surface area contributed by atoms with Gasteiger partial charge in [-0.05, 0) is 49.6 Å². The number of pyridine rings is 1. The van der Waals surface area contributed by atoms with E-state index in [2.05, 4.69) is 20.9 Å². The molecule has 1 aliphatic heterocycles. The molecule has 0 bridgehead atoms. The van der Waals surface area contributed by atoms with Crippen LogP contribution in [0.3, 0.4) is 0 Å². The molecule has 1 unspecified atom stereocenters. The van der Waals surface area contributed by atoms with Gasteiger partial charge in [-0.25, -0.2) is 4.98 Å². The Bertz CT molecular complexity index is 1230. The van der Waals surface area contributed by atoms with Crippen LogP contribution in [0.15, 0.2) is 52.6 Å². The molecule has 8 heteroatoms. The number of hydrogen-bond donors (Lipinski definition) is 1. The van der Waals surface area contributed by atoms with E-state index in [4.69, 9.17) is 4.74 Å².